The lowest BCUT2D eigenvalue weighted by Gasteiger charge is -2.32. The number of carbonyl (C=O) groups is 13. The average molecular weight is 1530 g/mol. The summed E-state index contributed by atoms with van der Waals surface area (Å²) in [6.45, 7) is 5.64. The lowest BCUT2D eigenvalue weighted by molar-refractivity contribution is -0.143. The van der Waals surface area contributed by atoms with Gasteiger partial charge in [0, 0.05) is 93.7 Å². The molecule has 1 heterocycles. The number of aromatic hydroxyl groups is 1. The Labute approximate surface area is 630 Å². The molecule has 5 aromatic carbocycles. The molecule has 0 spiro atoms. The summed E-state index contributed by atoms with van der Waals surface area (Å²) in [6.07, 6.45) is -2.42. The number of fused-ring (bicyclic) bond motifs is 1. The van der Waals surface area contributed by atoms with Crippen molar-refractivity contribution in [3.63, 3.8) is 0 Å². The molecule has 19 N–H and O–H groups in total. The van der Waals surface area contributed by atoms with E-state index >= 15 is 0 Å². The van der Waals surface area contributed by atoms with E-state index in [1.807, 2.05) is 43.3 Å². The first kappa shape index (κ1) is 86.3. The number of nitrogens with zero attached hydrogens (tertiary/aromatic N) is 4. The number of benzene rings is 5. The Kier molecular flexibility index (Phi) is 32.8. The Morgan fingerprint density at radius 3 is 1.73 bits per heavy atom. The Balaban J connectivity index is 1.08. The van der Waals surface area contributed by atoms with Gasteiger partial charge in [-0.3, -0.25) is 66.9 Å². The summed E-state index contributed by atoms with van der Waals surface area (Å²) in [4.78, 5) is 180. The van der Waals surface area contributed by atoms with E-state index in [-0.39, 0.29) is 87.2 Å². The van der Waals surface area contributed by atoms with E-state index in [2.05, 4.69) is 63.4 Å². The second kappa shape index (κ2) is 41.5. The highest BCUT2D eigenvalue weighted by atomic mass is 32.2. The fourth-order valence-electron chi connectivity index (χ4n) is 11.7. The molecule has 13 amide bonds. The second-order valence-electron chi connectivity index (χ2n) is 26.8. The highest BCUT2D eigenvalue weighted by molar-refractivity contribution is 7.86. The van der Waals surface area contributed by atoms with Gasteiger partial charge in [0.05, 0.1) is 24.4 Å². The largest absolute Gasteiger partial charge is 0.508 e. The van der Waals surface area contributed by atoms with Gasteiger partial charge in [0.2, 0.25) is 70.9 Å². The van der Waals surface area contributed by atoms with Crippen molar-refractivity contribution >= 4 is 120 Å². The van der Waals surface area contributed by atoms with Gasteiger partial charge in [0.15, 0.2) is 0 Å². The predicted molar refractivity (Wildman–Crippen MR) is 400 cm³/mol. The molecule has 1 aliphatic rings. The van der Waals surface area contributed by atoms with Crippen LogP contribution < -0.4 is 75.3 Å². The van der Waals surface area contributed by atoms with Crippen molar-refractivity contribution in [2.24, 2.45) is 39.3 Å². The van der Waals surface area contributed by atoms with Gasteiger partial charge in [-0.2, -0.15) is 18.6 Å². The standard InChI is InChI=1S/C73H97N17O18S/c1-7-42(4)64(72(104)85-63(41(2)3)71(103)82-52(30-32-59(74)93)66(98)79-36-35-77-51-14-8-13-50-49(51)12-9-16-58(50)109(106,107)108)86-70(102)57-15-11-37-90(57)73(105)55(38-43-18-28-48(92)29-19-43)84-68(100)54(39-61(76)95)83-67(99)53(31-33-60(75)94)81-69(101)56(40-91)80-62(96)17-10-34-78-65(97)44-20-22-45(23-21-44)87-88-46-24-26-47(27-25-46)89(5)6/h8-9,12-14,16,18-29,41-42,52-57,63-64,77,91-92H,7,10-11,15,17,30-40H2,1-6H3,(H2,74,93)(H2,75,94)(H2,76,95)(H,78,97)(H,79,98)(H,80,96)(H,81,101)(H,82,103)(H,83,99)(H,84,100)(H,85,104)(H,86,102)(H,106,107,108)/t42-,52-,53-,54-,55-,56-,57-,63-,64-/m0/s1. The van der Waals surface area contributed by atoms with Crippen molar-refractivity contribution in [2.45, 2.75) is 152 Å². The topological polar surface area (TPSA) is 546 Å². The number of nitrogens with one attached hydrogen (secondary N) is 10. The van der Waals surface area contributed by atoms with Crippen LogP contribution in [-0.2, 0) is 74.1 Å². The third kappa shape index (κ3) is 26.7. The number of aliphatic hydroxyl groups excluding tert-OH is 1. The van der Waals surface area contributed by atoms with Crippen LogP contribution >= 0.6 is 0 Å². The zero-order valence-electron chi connectivity index (χ0n) is 61.4. The quantitative estimate of drug-likeness (QED) is 0.0146. The monoisotopic (exact) mass is 1530 g/mol. The molecular formula is C73H97N17O18S. The minimum atomic E-state index is -4.56. The predicted octanol–water partition coefficient (Wildman–Crippen LogP) is 0.740. The molecule has 0 aromatic heterocycles. The van der Waals surface area contributed by atoms with E-state index in [0.717, 1.165) is 5.69 Å². The highest BCUT2D eigenvalue weighted by Gasteiger charge is 2.42. The molecule has 1 aliphatic heterocycles. The van der Waals surface area contributed by atoms with Crippen molar-refractivity contribution in [1.82, 2.24) is 52.8 Å². The van der Waals surface area contributed by atoms with Gasteiger partial charge in [-0.25, -0.2) is 0 Å². The van der Waals surface area contributed by atoms with Gasteiger partial charge < -0.3 is 90.4 Å². The Morgan fingerprint density at radius 2 is 1.15 bits per heavy atom. The average Bonchev–Trinajstić information content (AvgIpc) is 1.01. The third-order valence-corrected chi connectivity index (χ3v) is 18.8. The van der Waals surface area contributed by atoms with Gasteiger partial charge in [0.1, 0.15) is 59.0 Å². The number of rotatable bonds is 42. The van der Waals surface area contributed by atoms with Crippen LogP contribution in [-0.4, -0.2) is 200 Å². The normalized spacial score (nSPS) is 14.9. The number of carbonyl (C=O) groups excluding carboxylic acids is 13. The van der Waals surface area contributed by atoms with Gasteiger partial charge in [-0.1, -0.05) is 70.5 Å². The lowest BCUT2D eigenvalue weighted by atomic mass is 9.95. The van der Waals surface area contributed by atoms with Crippen LogP contribution in [0.2, 0.25) is 0 Å². The first-order valence-corrected chi connectivity index (χ1v) is 36.9. The zero-order valence-corrected chi connectivity index (χ0v) is 62.2. The Hall–Kier alpha value is -11.7. The minimum absolute atomic E-state index is 0.0181. The second-order valence-corrected chi connectivity index (χ2v) is 28.1. The van der Waals surface area contributed by atoms with Gasteiger partial charge in [-0.05, 0) is 122 Å². The number of amides is 13. The maximum atomic E-state index is 15.0. The van der Waals surface area contributed by atoms with Gasteiger partial charge >= 0.3 is 0 Å². The Morgan fingerprint density at radius 1 is 0.587 bits per heavy atom. The molecule has 0 unspecified atom stereocenters. The van der Waals surface area contributed by atoms with Crippen LogP contribution in [0.3, 0.4) is 0 Å². The summed E-state index contributed by atoms with van der Waals surface area (Å²) in [7, 11) is -0.723. The molecule has 588 valence electrons. The van der Waals surface area contributed by atoms with E-state index < -0.39 is 173 Å². The molecule has 9 atom stereocenters. The van der Waals surface area contributed by atoms with Crippen molar-refractivity contribution < 1.29 is 85.5 Å². The van der Waals surface area contributed by atoms with Crippen LogP contribution in [0.1, 0.15) is 108 Å². The molecule has 1 saturated heterocycles. The number of hydrogen-bond donors (Lipinski definition) is 16. The fourth-order valence-corrected chi connectivity index (χ4v) is 12.4. The molecule has 5 aromatic rings. The van der Waals surface area contributed by atoms with Crippen LogP contribution in [0.15, 0.2) is 124 Å². The SMILES string of the molecule is CC[C@H](C)[C@H](NC(=O)[C@@H]1CCCN1C(=O)[C@H](Cc1ccc(O)cc1)NC(=O)[C@H](CC(N)=O)NC(=O)[C@H](CCC(N)=O)NC(=O)[C@H](CO)NC(=O)CCCNC(=O)c1ccc(N=Nc2ccc(N(C)C)cc2)cc1)C(=O)N[C@H](C(=O)N[C@@H](CCC(N)=O)C(=O)NCCNc1cccc2c(S(=O)(=O)O)cccc12)C(C)C. The first-order chi connectivity index (χ1) is 51.7. The number of nitrogens with two attached hydrogens (primary N) is 3. The summed E-state index contributed by atoms with van der Waals surface area (Å²) in [6, 6.07) is 16.1. The number of aliphatic hydroxyl groups is 1. The first-order valence-electron chi connectivity index (χ1n) is 35.4. The van der Waals surface area contributed by atoms with Crippen LogP contribution in [0.4, 0.5) is 22.7 Å². The maximum absolute atomic E-state index is 15.0. The van der Waals surface area contributed by atoms with Crippen LogP contribution in [0.25, 0.3) is 10.8 Å². The number of primary amides is 3. The minimum Gasteiger partial charge on any atom is -0.508 e. The third-order valence-electron chi connectivity index (χ3n) is 17.9. The molecule has 6 rings (SSSR count). The van der Waals surface area contributed by atoms with Gasteiger partial charge in [-0.15, -0.1) is 0 Å². The van der Waals surface area contributed by atoms with Crippen LogP contribution in [0.5, 0.6) is 5.75 Å². The number of azo groups is 1. The summed E-state index contributed by atoms with van der Waals surface area (Å²) in [5.41, 5.74) is 19.7. The molecule has 1 fully saturated rings. The van der Waals surface area contributed by atoms with Crippen LogP contribution in [0, 0.1) is 11.8 Å². The number of hydrogen-bond acceptors (Lipinski definition) is 21. The van der Waals surface area contributed by atoms with Crippen molar-refractivity contribution in [3.05, 3.63) is 120 Å². The summed E-state index contributed by atoms with van der Waals surface area (Å²) >= 11 is 0. The maximum Gasteiger partial charge on any atom is 0.295 e. The molecule has 0 aliphatic carbocycles. The molecule has 36 heteroatoms. The number of anilines is 2. The molecular weight excluding hydrogens is 1430 g/mol. The van der Waals surface area contributed by atoms with E-state index in [9.17, 15) is 85.5 Å². The number of phenols is 1. The molecule has 0 saturated carbocycles. The zero-order chi connectivity index (χ0) is 80.2. The number of phenolic OH excluding ortho intramolecular Hbond substituents is 1. The molecule has 0 radical (unpaired) electrons. The van der Waals surface area contributed by atoms with E-state index in [1.165, 1.54) is 47.4 Å². The lowest BCUT2D eigenvalue weighted by Crippen LogP contribution is -2.61. The van der Waals surface area contributed by atoms with Gasteiger partial charge in [0.25, 0.3) is 16.0 Å². The van der Waals surface area contributed by atoms with E-state index in [4.69, 9.17) is 17.2 Å². The summed E-state index contributed by atoms with van der Waals surface area (Å²) in [5, 5.41) is 55.6. The highest BCUT2D eigenvalue weighted by Crippen LogP contribution is 2.29. The van der Waals surface area contributed by atoms with Crippen molar-refractivity contribution in [2.75, 3.05) is 57.1 Å². The van der Waals surface area contributed by atoms with E-state index in [1.54, 1.807) is 70.2 Å². The van der Waals surface area contributed by atoms with Crippen molar-refractivity contribution in [3.8, 4) is 5.75 Å². The van der Waals surface area contributed by atoms with E-state index in [0.29, 0.717) is 40.0 Å². The number of likely N-dealkylation sites (tertiary alicyclic amines) is 1. The summed E-state index contributed by atoms with van der Waals surface area (Å²) in [5.74, 6) is -13.0. The summed E-state index contributed by atoms with van der Waals surface area (Å²) < 4.78 is 33.8. The van der Waals surface area contributed by atoms with Crippen molar-refractivity contribution in [1.29, 1.82) is 0 Å². The fraction of sp³-hybridized carbons (Fsp3) is 0.438. The smallest absolute Gasteiger partial charge is 0.295 e. The Bertz CT molecular complexity index is 4220. The molecule has 0 bridgehead atoms. The molecule has 109 heavy (non-hydrogen) atoms. The molecule has 35 nitrogen and oxygen atoms in total.